The van der Waals surface area contributed by atoms with Gasteiger partial charge in [-0.15, -0.1) is 0 Å². The van der Waals surface area contributed by atoms with Crippen LogP contribution in [0.15, 0.2) is 18.2 Å². The molecule has 0 radical (unpaired) electrons. The molecule has 0 aliphatic heterocycles. The number of fused-ring (bicyclic) bond motifs is 2. The summed E-state index contributed by atoms with van der Waals surface area (Å²) in [6, 6.07) is 5.83. The molecular formula is C39H60N2O8S. The lowest BCUT2D eigenvalue weighted by atomic mass is 9.73. The van der Waals surface area contributed by atoms with Gasteiger partial charge in [-0.3, -0.25) is 14.4 Å². The second-order valence-electron chi connectivity index (χ2n) is 14.7. The summed E-state index contributed by atoms with van der Waals surface area (Å²) >= 11 is 3.96. The molecule has 2 amide bonds. The van der Waals surface area contributed by atoms with Crippen molar-refractivity contribution in [1.29, 1.82) is 0 Å². The van der Waals surface area contributed by atoms with Crippen LogP contribution in [0, 0.1) is 29.6 Å². The van der Waals surface area contributed by atoms with E-state index in [9.17, 15) is 29.4 Å². The Balaban J connectivity index is 1.37. The lowest BCUT2D eigenvalue weighted by Crippen LogP contribution is -2.42. The molecule has 11 heteroatoms. The van der Waals surface area contributed by atoms with Crippen LogP contribution < -0.4 is 15.4 Å². The number of rotatable bonds is 21. The summed E-state index contributed by atoms with van der Waals surface area (Å²) in [6.07, 6.45) is 13.8. The number of esters is 1. The van der Waals surface area contributed by atoms with Crippen molar-refractivity contribution in [2.45, 2.75) is 128 Å². The van der Waals surface area contributed by atoms with Crippen molar-refractivity contribution in [3.8, 4) is 5.75 Å². The monoisotopic (exact) mass is 716 g/mol. The lowest BCUT2D eigenvalue weighted by molar-refractivity contribution is -0.162. The fraction of sp³-hybridized carbons (Fsp3) is 0.744. The predicted molar refractivity (Wildman–Crippen MR) is 195 cm³/mol. The van der Waals surface area contributed by atoms with Crippen molar-refractivity contribution in [2.75, 3.05) is 25.4 Å². The van der Waals surface area contributed by atoms with Crippen LogP contribution in [-0.4, -0.2) is 71.6 Å². The fourth-order valence-corrected chi connectivity index (χ4v) is 8.65. The SMILES string of the molecule is CCCCC[C@H](O)CC[C@@H]1[C@H]2Cc3cccc(OCC(=O)O)c3C[C@H]2C[C@H]1OC(=O)C1CCCCC1C(=O)NCCCCCCNC(=O)CS. The molecule has 0 spiro atoms. The van der Waals surface area contributed by atoms with Gasteiger partial charge in [0.05, 0.1) is 23.7 Å². The summed E-state index contributed by atoms with van der Waals surface area (Å²) in [6.45, 7) is 2.96. The molecule has 1 aromatic carbocycles. The van der Waals surface area contributed by atoms with Gasteiger partial charge < -0.3 is 30.3 Å². The molecule has 0 heterocycles. The second-order valence-corrected chi connectivity index (χ2v) is 15.0. The van der Waals surface area contributed by atoms with Crippen LogP contribution in [-0.2, 0) is 36.8 Å². The third kappa shape index (κ3) is 11.9. The number of aliphatic carboxylic acids is 1. The smallest absolute Gasteiger partial charge is 0.341 e. The number of carboxylic acids is 1. The molecule has 3 aliphatic carbocycles. The molecule has 50 heavy (non-hydrogen) atoms. The van der Waals surface area contributed by atoms with Gasteiger partial charge in [-0.05, 0) is 99.2 Å². The zero-order valence-electron chi connectivity index (χ0n) is 29.9. The average molecular weight is 717 g/mol. The molecule has 1 aromatic rings. The zero-order chi connectivity index (χ0) is 35.9. The number of hydrogen-bond donors (Lipinski definition) is 5. The van der Waals surface area contributed by atoms with Gasteiger partial charge >= 0.3 is 11.9 Å². The van der Waals surface area contributed by atoms with Gasteiger partial charge in [0.15, 0.2) is 6.61 Å². The quantitative estimate of drug-likeness (QED) is 0.0621. The number of amides is 2. The van der Waals surface area contributed by atoms with Gasteiger partial charge in [0.2, 0.25) is 11.8 Å². The molecule has 4 rings (SSSR count). The first-order valence-electron chi connectivity index (χ1n) is 19.2. The van der Waals surface area contributed by atoms with Gasteiger partial charge in [0.25, 0.3) is 0 Å². The molecule has 3 aliphatic rings. The Bertz CT molecular complexity index is 1260. The van der Waals surface area contributed by atoms with Crippen LogP contribution in [0.3, 0.4) is 0 Å². The molecule has 2 unspecified atom stereocenters. The molecular weight excluding hydrogens is 657 g/mol. The van der Waals surface area contributed by atoms with E-state index in [1.54, 1.807) is 0 Å². The zero-order valence-corrected chi connectivity index (χ0v) is 30.8. The van der Waals surface area contributed by atoms with Crippen molar-refractivity contribution < 1.29 is 38.9 Å². The number of thiol groups is 1. The molecule has 2 saturated carbocycles. The summed E-state index contributed by atoms with van der Waals surface area (Å²) in [5.41, 5.74) is 2.20. The van der Waals surface area contributed by atoms with Crippen LogP contribution >= 0.6 is 12.6 Å². The van der Waals surface area contributed by atoms with Crippen molar-refractivity contribution >= 4 is 36.4 Å². The number of nitrogens with one attached hydrogen (secondary N) is 2. The number of benzene rings is 1. The summed E-state index contributed by atoms with van der Waals surface area (Å²) in [7, 11) is 0. The first kappa shape index (κ1) is 40.0. The minimum Gasteiger partial charge on any atom is -0.482 e. The van der Waals surface area contributed by atoms with E-state index in [4.69, 9.17) is 9.47 Å². The Hall–Kier alpha value is -2.79. The van der Waals surface area contributed by atoms with Gasteiger partial charge in [0.1, 0.15) is 11.9 Å². The lowest BCUT2D eigenvalue weighted by Gasteiger charge is -2.33. The van der Waals surface area contributed by atoms with Crippen LogP contribution in [0.25, 0.3) is 0 Å². The minimum atomic E-state index is -1.01. The third-order valence-corrected chi connectivity index (χ3v) is 11.5. The largest absolute Gasteiger partial charge is 0.482 e. The van der Waals surface area contributed by atoms with E-state index in [0.29, 0.717) is 44.5 Å². The fourth-order valence-electron chi connectivity index (χ4n) is 8.54. The number of carboxylic acid groups (broad SMARTS) is 1. The second kappa shape index (κ2) is 20.9. The number of aliphatic hydroxyl groups excluding tert-OH is 1. The third-order valence-electron chi connectivity index (χ3n) is 11.2. The first-order chi connectivity index (χ1) is 24.2. The van der Waals surface area contributed by atoms with E-state index < -0.39 is 24.4 Å². The summed E-state index contributed by atoms with van der Waals surface area (Å²) in [5.74, 6) is -0.839. The molecule has 0 aromatic heterocycles. The highest BCUT2D eigenvalue weighted by molar-refractivity contribution is 7.81. The highest BCUT2D eigenvalue weighted by Gasteiger charge is 2.48. The number of ether oxygens (including phenoxy) is 2. The maximum absolute atomic E-state index is 13.9. The van der Waals surface area contributed by atoms with Crippen LogP contribution in [0.1, 0.15) is 114 Å². The van der Waals surface area contributed by atoms with E-state index in [2.05, 4.69) is 36.3 Å². The molecule has 4 N–H and O–H groups in total. The summed E-state index contributed by atoms with van der Waals surface area (Å²) in [4.78, 5) is 49.8. The average Bonchev–Trinajstić information content (AvgIpc) is 3.44. The maximum Gasteiger partial charge on any atom is 0.341 e. The first-order valence-corrected chi connectivity index (χ1v) is 19.8. The van der Waals surface area contributed by atoms with Gasteiger partial charge in [-0.1, -0.05) is 64.0 Å². The van der Waals surface area contributed by atoms with E-state index in [-0.39, 0.29) is 53.5 Å². The van der Waals surface area contributed by atoms with Gasteiger partial charge in [-0.2, -0.15) is 12.6 Å². The van der Waals surface area contributed by atoms with Crippen LogP contribution in [0.2, 0.25) is 0 Å². The molecule has 0 bridgehead atoms. The topological polar surface area (TPSA) is 151 Å². The van der Waals surface area contributed by atoms with E-state index in [1.807, 2.05) is 12.1 Å². The standard InChI is InChI=1S/C39H60N2O8S/c1-2-3-6-13-28(42)17-18-29-32-21-26-12-11-16-34(48-24-37(44)45)33(26)22-27(32)23-35(29)49-39(47)31-15-8-7-14-30(31)38(46)41-20-10-5-4-9-19-40-36(43)25-50/h11-12,16,27-32,35,42,50H,2-10,13-15,17-25H2,1H3,(H,40,43)(H,41,46)(H,44,45)/t27-,28-,29+,30?,31?,32-,35+/m0/s1. The number of hydrogen-bond acceptors (Lipinski definition) is 8. The summed E-state index contributed by atoms with van der Waals surface area (Å²) in [5, 5.41) is 25.9. The highest BCUT2D eigenvalue weighted by Crippen LogP contribution is 2.50. The number of carbonyl (C=O) groups is 4. The Kier molecular flexibility index (Phi) is 16.7. The Morgan fingerprint density at radius 2 is 1.68 bits per heavy atom. The van der Waals surface area contributed by atoms with Crippen LogP contribution in [0.5, 0.6) is 5.75 Å². The van der Waals surface area contributed by atoms with E-state index in [1.165, 1.54) is 0 Å². The van der Waals surface area contributed by atoms with Gasteiger partial charge in [-0.25, -0.2) is 4.79 Å². The Morgan fingerprint density at radius 3 is 2.40 bits per heavy atom. The van der Waals surface area contributed by atoms with Crippen molar-refractivity contribution in [3.63, 3.8) is 0 Å². The van der Waals surface area contributed by atoms with Crippen molar-refractivity contribution in [2.24, 2.45) is 29.6 Å². The van der Waals surface area contributed by atoms with Crippen LogP contribution in [0.4, 0.5) is 0 Å². The Morgan fingerprint density at radius 1 is 0.940 bits per heavy atom. The molecule has 10 nitrogen and oxygen atoms in total. The van der Waals surface area contributed by atoms with Crippen molar-refractivity contribution in [1.82, 2.24) is 10.6 Å². The van der Waals surface area contributed by atoms with E-state index in [0.717, 1.165) is 94.6 Å². The molecule has 280 valence electrons. The highest BCUT2D eigenvalue weighted by atomic mass is 32.1. The predicted octanol–water partition coefficient (Wildman–Crippen LogP) is 5.66. The van der Waals surface area contributed by atoms with Gasteiger partial charge in [0, 0.05) is 13.1 Å². The normalized spacial score (nSPS) is 24.8. The molecule has 7 atom stereocenters. The number of aliphatic hydroxyl groups is 1. The number of unbranched alkanes of at least 4 members (excludes halogenated alkanes) is 5. The van der Waals surface area contributed by atoms with E-state index >= 15 is 0 Å². The van der Waals surface area contributed by atoms with Crippen molar-refractivity contribution in [3.05, 3.63) is 29.3 Å². The molecule has 0 saturated heterocycles. The molecule has 2 fully saturated rings. The minimum absolute atomic E-state index is 0.0659. The Labute approximate surface area is 303 Å². The maximum atomic E-state index is 13.9. The number of carbonyl (C=O) groups excluding carboxylic acids is 3. The summed E-state index contributed by atoms with van der Waals surface area (Å²) < 4.78 is 12.1.